The number of carbonyl (C=O) groups is 3. The van der Waals surface area contributed by atoms with Gasteiger partial charge in [0.2, 0.25) is 0 Å². The smallest absolute Gasteiger partial charge is 0.340 e. The van der Waals surface area contributed by atoms with E-state index in [0.29, 0.717) is 22.5 Å². The van der Waals surface area contributed by atoms with Crippen LogP contribution in [0.5, 0.6) is 0 Å². The van der Waals surface area contributed by atoms with Gasteiger partial charge in [0.05, 0.1) is 30.0 Å². The fourth-order valence-electron chi connectivity index (χ4n) is 2.83. The van der Waals surface area contributed by atoms with Crippen LogP contribution < -0.4 is 5.43 Å². The van der Waals surface area contributed by atoms with E-state index in [0.717, 1.165) is 0 Å². The number of esters is 1. The maximum atomic E-state index is 12.3. The number of ketones is 2. The van der Waals surface area contributed by atoms with Crippen molar-refractivity contribution in [3.63, 3.8) is 0 Å². The van der Waals surface area contributed by atoms with Gasteiger partial charge in [-0.05, 0) is 27.7 Å². The summed E-state index contributed by atoms with van der Waals surface area (Å²) in [5.74, 6) is -0.850. The second-order valence-corrected chi connectivity index (χ2v) is 5.66. The topological polar surface area (TPSA) is 77.4 Å². The molecule has 0 radical (unpaired) electrons. The van der Waals surface area contributed by atoms with Gasteiger partial charge in [-0.25, -0.2) is 4.79 Å². The van der Waals surface area contributed by atoms with Crippen molar-refractivity contribution in [2.45, 2.75) is 27.7 Å². The Morgan fingerprint density at radius 1 is 1.04 bits per heavy atom. The van der Waals surface area contributed by atoms with E-state index in [9.17, 15) is 14.4 Å². The highest BCUT2D eigenvalue weighted by atomic mass is 16.5. The van der Waals surface area contributed by atoms with Crippen molar-refractivity contribution >= 4 is 17.5 Å². The molecule has 1 aromatic heterocycles. The predicted molar refractivity (Wildman–Crippen MR) is 94.9 cm³/mol. The second-order valence-electron chi connectivity index (χ2n) is 5.66. The molecule has 0 atom stereocenters. The molecule has 0 aliphatic heterocycles. The Morgan fingerprint density at radius 2 is 1.64 bits per heavy atom. The Kier molecular flexibility index (Phi) is 5.75. The summed E-state index contributed by atoms with van der Waals surface area (Å²) in [5, 5.41) is 0. The second kappa shape index (κ2) is 7.79. The van der Waals surface area contributed by atoms with E-state index in [1.54, 1.807) is 49.7 Å². The first-order chi connectivity index (χ1) is 11.9. The summed E-state index contributed by atoms with van der Waals surface area (Å²) >= 11 is 0. The normalized spacial score (nSPS) is 10.4. The van der Waals surface area contributed by atoms with Gasteiger partial charge in [0.15, 0.2) is 11.6 Å². The van der Waals surface area contributed by atoms with E-state index >= 15 is 0 Å². The average Bonchev–Trinajstić information content (AvgIpc) is 2.84. The zero-order chi connectivity index (χ0) is 18.6. The number of rotatable bonds is 7. The van der Waals surface area contributed by atoms with Gasteiger partial charge >= 0.3 is 5.97 Å². The molecule has 6 heteroatoms. The van der Waals surface area contributed by atoms with Crippen molar-refractivity contribution in [3.8, 4) is 0 Å². The minimum Gasteiger partial charge on any atom is -0.462 e. The van der Waals surface area contributed by atoms with Crippen molar-refractivity contribution in [2.24, 2.45) is 0 Å². The molecule has 0 spiro atoms. The van der Waals surface area contributed by atoms with Crippen molar-refractivity contribution in [3.05, 3.63) is 58.4 Å². The molecule has 6 nitrogen and oxygen atoms in total. The van der Waals surface area contributed by atoms with Crippen LogP contribution in [0.2, 0.25) is 0 Å². The zero-order valence-corrected chi connectivity index (χ0v) is 14.9. The molecule has 0 bridgehead atoms. The van der Waals surface area contributed by atoms with E-state index in [1.165, 1.54) is 6.92 Å². The lowest BCUT2D eigenvalue weighted by atomic mass is 10.1. The molecular formula is C19H22N2O4. The maximum absolute atomic E-state index is 12.3. The molecule has 0 unspecified atom stereocenters. The summed E-state index contributed by atoms with van der Waals surface area (Å²) in [6.07, 6.45) is 0. The minimum absolute atomic E-state index is 0.0417. The van der Waals surface area contributed by atoms with E-state index in [2.05, 4.69) is 5.43 Å². The number of benzene rings is 1. The van der Waals surface area contributed by atoms with Gasteiger partial charge in [-0.1, -0.05) is 30.3 Å². The van der Waals surface area contributed by atoms with E-state index < -0.39 is 5.97 Å². The molecule has 132 valence electrons. The van der Waals surface area contributed by atoms with Crippen LogP contribution in [0.15, 0.2) is 30.3 Å². The summed E-state index contributed by atoms with van der Waals surface area (Å²) in [5.41, 5.74) is 5.27. The van der Waals surface area contributed by atoms with E-state index in [-0.39, 0.29) is 30.3 Å². The highest BCUT2D eigenvalue weighted by Crippen LogP contribution is 2.23. The monoisotopic (exact) mass is 342 g/mol. The van der Waals surface area contributed by atoms with Gasteiger partial charge in [-0.3, -0.25) is 14.3 Å². The van der Waals surface area contributed by atoms with Gasteiger partial charge in [-0.15, -0.1) is 0 Å². The maximum Gasteiger partial charge on any atom is 0.340 e. The fourth-order valence-corrected chi connectivity index (χ4v) is 2.83. The van der Waals surface area contributed by atoms with Crippen LogP contribution in [-0.2, 0) is 4.74 Å². The lowest BCUT2D eigenvalue weighted by molar-refractivity contribution is 0.0522. The molecule has 0 aliphatic carbocycles. The van der Waals surface area contributed by atoms with Crippen LogP contribution in [0.4, 0.5) is 0 Å². The Bertz CT molecular complexity index is 807. The third-order valence-electron chi connectivity index (χ3n) is 3.97. The van der Waals surface area contributed by atoms with Gasteiger partial charge in [0.1, 0.15) is 0 Å². The lowest BCUT2D eigenvalue weighted by Crippen LogP contribution is -2.24. The third kappa shape index (κ3) is 3.79. The number of hydrogen-bond donors (Lipinski definition) is 1. The largest absolute Gasteiger partial charge is 0.462 e. The third-order valence-corrected chi connectivity index (χ3v) is 3.97. The van der Waals surface area contributed by atoms with Crippen LogP contribution in [0.1, 0.15) is 56.3 Å². The first-order valence-corrected chi connectivity index (χ1v) is 8.10. The van der Waals surface area contributed by atoms with Gasteiger partial charge in [0, 0.05) is 11.3 Å². The Hall–Kier alpha value is -2.89. The number of hydrogen-bond acceptors (Lipinski definition) is 5. The van der Waals surface area contributed by atoms with Crippen LogP contribution in [0.3, 0.4) is 0 Å². The number of nitrogens with zero attached hydrogens (tertiary/aromatic N) is 1. The number of Topliss-reactive ketones (excluding diaryl/α,β-unsaturated/α-hetero) is 2. The van der Waals surface area contributed by atoms with Gasteiger partial charge < -0.3 is 10.2 Å². The molecule has 1 N–H and O–H groups in total. The molecule has 25 heavy (non-hydrogen) atoms. The molecule has 1 heterocycles. The molecule has 0 amide bonds. The Balaban J connectivity index is 2.32. The Morgan fingerprint density at radius 3 is 2.20 bits per heavy atom. The van der Waals surface area contributed by atoms with Crippen molar-refractivity contribution in [2.75, 3.05) is 18.6 Å². The highest BCUT2D eigenvalue weighted by Gasteiger charge is 2.26. The molecule has 0 fully saturated rings. The molecular weight excluding hydrogens is 320 g/mol. The Labute approximate surface area is 146 Å². The summed E-state index contributed by atoms with van der Waals surface area (Å²) < 4.78 is 6.66. The summed E-state index contributed by atoms with van der Waals surface area (Å²) in [7, 11) is 0. The average molecular weight is 342 g/mol. The van der Waals surface area contributed by atoms with E-state index in [1.807, 2.05) is 6.07 Å². The number of ether oxygens (including phenoxy) is 1. The van der Waals surface area contributed by atoms with E-state index in [4.69, 9.17) is 4.74 Å². The molecule has 0 saturated heterocycles. The van der Waals surface area contributed by atoms with Crippen molar-refractivity contribution in [1.82, 2.24) is 4.68 Å². The number of carbonyl (C=O) groups excluding carboxylic acids is 3. The van der Waals surface area contributed by atoms with Crippen LogP contribution in [0, 0.1) is 13.8 Å². The first kappa shape index (κ1) is 18.4. The van der Waals surface area contributed by atoms with Gasteiger partial charge in [0.25, 0.3) is 0 Å². The molecule has 0 aliphatic rings. The van der Waals surface area contributed by atoms with Crippen molar-refractivity contribution < 1.29 is 19.1 Å². The highest BCUT2D eigenvalue weighted by molar-refractivity contribution is 6.07. The lowest BCUT2D eigenvalue weighted by Gasteiger charge is -2.12. The first-order valence-electron chi connectivity index (χ1n) is 8.10. The number of aromatic nitrogens is 1. The molecule has 2 rings (SSSR count). The summed E-state index contributed by atoms with van der Waals surface area (Å²) in [6, 6.07) is 8.92. The van der Waals surface area contributed by atoms with Crippen molar-refractivity contribution in [1.29, 1.82) is 0 Å². The fraction of sp³-hybridized carbons (Fsp3) is 0.316. The molecule has 2 aromatic rings. The molecule has 0 saturated carbocycles. The SMILES string of the molecule is CCOC(=O)c1c(C(C)=O)c(C)n(NCC(=O)c2ccccc2)c1C. The predicted octanol–water partition coefficient (Wildman–Crippen LogP) is 2.91. The zero-order valence-electron chi connectivity index (χ0n) is 14.9. The summed E-state index contributed by atoms with van der Waals surface area (Å²) in [6.45, 7) is 6.82. The van der Waals surface area contributed by atoms with Crippen LogP contribution >= 0.6 is 0 Å². The standard InChI is InChI=1S/C19H22N2O4/c1-5-25-19(24)18-13(3)21(12(2)17(18)14(4)22)20-11-16(23)15-9-7-6-8-10-15/h6-10,20H,5,11H2,1-4H3. The molecule has 1 aromatic carbocycles. The van der Waals surface area contributed by atoms with Crippen LogP contribution in [-0.4, -0.2) is 35.4 Å². The number of nitrogens with one attached hydrogen (secondary N) is 1. The quantitative estimate of drug-likeness (QED) is 0.618. The van der Waals surface area contributed by atoms with Crippen LogP contribution in [0.25, 0.3) is 0 Å². The van der Waals surface area contributed by atoms with Gasteiger partial charge in [-0.2, -0.15) is 0 Å². The minimum atomic E-state index is -0.539. The summed E-state index contributed by atoms with van der Waals surface area (Å²) in [4.78, 5) is 36.5.